The molecule has 22 heavy (non-hydrogen) atoms. The van der Waals surface area contributed by atoms with Crippen LogP contribution in [-0.4, -0.2) is 26.5 Å². The molecule has 0 aliphatic carbocycles. The quantitative estimate of drug-likeness (QED) is 0.740. The van der Waals surface area contributed by atoms with Crippen molar-refractivity contribution in [2.75, 3.05) is 7.05 Å². The number of benzene rings is 1. The van der Waals surface area contributed by atoms with Gasteiger partial charge in [-0.1, -0.05) is 29.5 Å². The molecule has 0 saturated carbocycles. The van der Waals surface area contributed by atoms with Gasteiger partial charge in [-0.3, -0.25) is 9.69 Å². The van der Waals surface area contributed by atoms with Crippen molar-refractivity contribution in [3.05, 3.63) is 62.8 Å². The molecule has 0 radical (unpaired) electrons. The summed E-state index contributed by atoms with van der Waals surface area (Å²) in [5.74, 6) is -0.216. The van der Waals surface area contributed by atoms with Crippen molar-refractivity contribution in [3.8, 4) is 0 Å². The third-order valence-electron chi connectivity index (χ3n) is 3.22. The van der Waals surface area contributed by atoms with Gasteiger partial charge in [-0.05, 0) is 20.0 Å². The molecule has 0 N–H and O–H groups in total. The van der Waals surface area contributed by atoms with E-state index in [1.807, 2.05) is 18.0 Å². The Kier molecular flexibility index (Phi) is 4.00. The lowest BCUT2D eigenvalue weighted by atomic mass is 10.2. The third kappa shape index (κ3) is 3.05. The summed E-state index contributed by atoms with van der Waals surface area (Å²) in [5, 5.41) is 5.05. The van der Waals surface area contributed by atoms with Crippen LogP contribution >= 0.6 is 11.3 Å². The first kappa shape index (κ1) is 14.8. The van der Waals surface area contributed by atoms with Crippen molar-refractivity contribution < 1.29 is 4.39 Å². The molecule has 0 aliphatic heterocycles. The fourth-order valence-electron chi connectivity index (χ4n) is 2.23. The zero-order chi connectivity index (χ0) is 15.7. The fraction of sp³-hybridized carbons (Fsp3) is 0.267. The summed E-state index contributed by atoms with van der Waals surface area (Å²) in [6.45, 7) is 2.79. The average Bonchev–Trinajstić information content (AvgIpc) is 2.84. The van der Waals surface area contributed by atoms with E-state index < -0.39 is 0 Å². The maximum Gasteiger partial charge on any atom is 0.275 e. The van der Waals surface area contributed by atoms with Gasteiger partial charge in [0, 0.05) is 23.9 Å². The highest BCUT2D eigenvalue weighted by atomic mass is 32.1. The lowest BCUT2D eigenvalue weighted by Crippen LogP contribution is -2.19. The second-order valence-corrected chi connectivity index (χ2v) is 6.23. The minimum atomic E-state index is -0.216. The van der Waals surface area contributed by atoms with Crippen LogP contribution in [-0.2, 0) is 13.1 Å². The lowest BCUT2D eigenvalue weighted by molar-refractivity contribution is 0.312. The smallest absolute Gasteiger partial charge is 0.275 e. The summed E-state index contributed by atoms with van der Waals surface area (Å²) in [6, 6.07) is 8.16. The van der Waals surface area contributed by atoms with Gasteiger partial charge in [-0.2, -0.15) is 9.61 Å². The molecule has 0 unspecified atom stereocenters. The largest absolute Gasteiger partial charge is 0.295 e. The zero-order valence-electron chi connectivity index (χ0n) is 12.3. The van der Waals surface area contributed by atoms with E-state index in [1.165, 1.54) is 28.0 Å². The molecule has 2 aromatic heterocycles. The number of aryl methyl sites for hydroxylation is 1. The van der Waals surface area contributed by atoms with Gasteiger partial charge in [0.15, 0.2) is 0 Å². The Morgan fingerprint density at radius 2 is 2.09 bits per heavy atom. The maximum absolute atomic E-state index is 13.7. The first-order valence-electron chi connectivity index (χ1n) is 6.81. The summed E-state index contributed by atoms with van der Waals surface area (Å²) in [7, 11) is 1.89. The predicted octanol–water partition coefficient (Wildman–Crippen LogP) is 2.23. The molecule has 1 aromatic carbocycles. The molecule has 7 heteroatoms. The first-order valence-corrected chi connectivity index (χ1v) is 7.63. The topological polar surface area (TPSA) is 50.5 Å². The fourth-order valence-corrected chi connectivity index (χ4v) is 3.25. The Hall–Kier alpha value is -2.12. The van der Waals surface area contributed by atoms with Crippen LogP contribution < -0.4 is 5.56 Å². The SMILES string of the molecule is Cc1cc(=O)n2nc(CN(C)Cc3ccccc3F)sc2n1. The highest BCUT2D eigenvalue weighted by molar-refractivity contribution is 7.16. The molecule has 2 heterocycles. The molecule has 0 spiro atoms. The summed E-state index contributed by atoms with van der Waals surface area (Å²) < 4.78 is 15.0. The normalized spacial score (nSPS) is 11.5. The van der Waals surface area contributed by atoms with Gasteiger partial charge >= 0.3 is 0 Å². The summed E-state index contributed by atoms with van der Waals surface area (Å²) in [6.07, 6.45) is 0. The molecule has 3 aromatic rings. The van der Waals surface area contributed by atoms with Crippen LogP contribution in [0.3, 0.4) is 0 Å². The van der Waals surface area contributed by atoms with Crippen LogP contribution in [0.1, 0.15) is 16.3 Å². The van der Waals surface area contributed by atoms with E-state index in [2.05, 4.69) is 10.1 Å². The Balaban J connectivity index is 1.80. The summed E-state index contributed by atoms with van der Waals surface area (Å²) >= 11 is 1.37. The van der Waals surface area contributed by atoms with E-state index in [0.29, 0.717) is 29.3 Å². The van der Waals surface area contributed by atoms with E-state index in [4.69, 9.17) is 0 Å². The summed E-state index contributed by atoms with van der Waals surface area (Å²) in [5.41, 5.74) is 1.14. The van der Waals surface area contributed by atoms with E-state index in [0.717, 1.165) is 5.01 Å². The predicted molar refractivity (Wildman–Crippen MR) is 83.4 cm³/mol. The third-order valence-corrected chi connectivity index (χ3v) is 4.11. The molecule has 5 nitrogen and oxygen atoms in total. The van der Waals surface area contributed by atoms with Crippen LogP contribution in [0.4, 0.5) is 4.39 Å². The van der Waals surface area contributed by atoms with E-state index in [1.54, 1.807) is 19.1 Å². The van der Waals surface area contributed by atoms with Crippen molar-refractivity contribution in [1.29, 1.82) is 0 Å². The Morgan fingerprint density at radius 3 is 2.86 bits per heavy atom. The average molecular weight is 318 g/mol. The molecule has 0 saturated heterocycles. The van der Waals surface area contributed by atoms with Crippen LogP contribution in [0.25, 0.3) is 4.96 Å². The van der Waals surface area contributed by atoms with Crippen molar-refractivity contribution in [3.63, 3.8) is 0 Å². The number of fused-ring (bicyclic) bond motifs is 1. The van der Waals surface area contributed by atoms with Crippen LogP contribution in [0.5, 0.6) is 0 Å². The second kappa shape index (κ2) is 5.94. The zero-order valence-corrected chi connectivity index (χ0v) is 13.1. The van der Waals surface area contributed by atoms with E-state index in [-0.39, 0.29) is 11.4 Å². The first-order chi connectivity index (χ1) is 10.5. The van der Waals surface area contributed by atoms with Crippen molar-refractivity contribution >= 4 is 16.3 Å². The second-order valence-electron chi connectivity index (χ2n) is 5.19. The minimum Gasteiger partial charge on any atom is -0.295 e. The van der Waals surface area contributed by atoms with Gasteiger partial charge in [0.25, 0.3) is 5.56 Å². The summed E-state index contributed by atoms with van der Waals surface area (Å²) in [4.78, 5) is 18.7. The Labute approximate surface area is 130 Å². The van der Waals surface area contributed by atoms with Crippen molar-refractivity contribution in [2.24, 2.45) is 0 Å². The molecule has 114 valence electrons. The standard InChI is InChI=1S/C15H15FN4OS/c1-10-7-14(21)20-15(17-10)22-13(18-20)9-19(2)8-11-5-3-4-6-12(11)16/h3-7H,8-9H2,1-2H3. The van der Waals surface area contributed by atoms with Crippen molar-refractivity contribution in [1.82, 2.24) is 19.5 Å². The van der Waals surface area contributed by atoms with Gasteiger partial charge in [0.1, 0.15) is 10.8 Å². The number of rotatable bonds is 4. The van der Waals surface area contributed by atoms with Crippen LogP contribution in [0, 0.1) is 12.7 Å². The Bertz CT molecular complexity index is 873. The van der Waals surface area contributed by atoms with Gasteiger partial charge in [0.2, 0.25) is 4.96 Å². The molecular weight excluding hydrogens is 303 g/mol. The lowest BCUT2D eigenvalue weighted by Gasteiger charge is -2.15. The van der Waals surface area contributed by atoms with E-state index in [9.17, 15) is 9.18 Å². The van der Waals surface area contributed by atoms with Gasteiger partial charge in [-0.15, -0.1) is 0 Å². The van der Waals surface area contributed by atoms with Crippen LogP contribution in [0.2, 0.25) is 0 Å². The number of nitrogens with zero attached hydrogens (tertiary/aromatic N) is 4. The number of hydrogen-bond acceptors (Lipinski definition) is 5. The number of hydrogen-bond donors (Lipinski definition) is 0. The van der Waals surface area contributed by atoms with E-state index >= 15 is 0 Å². The molecule has 0 amide bonds. The molecule has 3 rings (SSSR count). The highest BCUT2D eigenvalue weighted by Gasteiger charge is 2.11. The maximum atomic E-state index is 13.7. The van der Waals surface area contributed by atoms with Gasteiger partial charge in [-0.25, -0.2) is 9.37 Å². The molecule has 0 aliphatic rings. The van der Waals surface area contributed by atoms with Gasteiger partial charge in [0.05, 0.1) is 6.54 Å². The Morgan fingerprint density at radius 1 is 1.32 bits per heavy atom. The number of aromatic nitrogens is 3. The highest BCUT2D eigenvalue weighted by Crippen LogP contribution is 2.15. The minimum absolute atomic E-state index is 0.179. The number of halogens is 1. The van der Waals surface area contributed by atoms with Gasteiger partial charge < -0.3 is 0 Å². The molecule has 0 bridgehead atoms. The molecule has 0 atom stereocenters. The van der Waals surface area contributed by atoms with Crippen molar-refractivity contribution in [2.45, 2.75) is 20.0 Å². The molecule has 0 fully saturated rings. The monoisotopic (exact) mass is 318 g/mol. The van der Waals surface area contributed by atoms with Crippen LogP contribution in [0.15, 0.2) is 35.1 Å². The molecular formula is C15H15FN4OS.